The number of esters is 1. The summed E-state index contributed by atoms with van der Waals surface area (Å²) in [6, 6.07) is 6.16. The topological polar surface area (TPSA) is 90.0 Å². The molecule has 2 rings (SSSR count). The molecular formula is C16H20ClNO6S. The summed E-state index contributed by atoms with van der Waals surface area (Å²) in [5.41, 5.74) is 0. The summed E-state index contributed by atoms with van der Waals surface area (Å²) < 4.78 is 33.3. The quantitative estimate of drug-likeness (QED) is 0.681. The zero-order chi connectivity index (χ0) is 18.6. The minimum atomic E-state index is -3.10. The Hall–Kier alpha value is -1.80. The van der Waals surface area contributed by atoms with Crippen LogP contribution in [-0.2, 0) is 24.2 Å². The van der Waals surface area contributed by atoms with Gasteiger partial charge in [0.15, 0.2) is 22.5 Å². The van der Waals surface area contributed by atoms with Crippen LogP contribution in [0, 0.1) is 0 Å². The van der Waals surface area contributed by atoms with Crippen LogP contribution in [0.4, 0.5) is 0 Å². The Morgan fingerprint density at radius 2 is 2.12 bits per heavy atom. The lowest BCUT2D eigenvalue weighted by Crippen LogP contribution is -2.44. The summed E-state index contributed by atoms with van der Waals surface area (Å²) in [4.78, 5) is 25.4. The van der Waals surface area contributed by atoms with E-state index in [4.69, 9.17) is 21.1 Å². The molecule has 1 aromatic rings. The van der Waals surface area contributed by atoms with Gasteiger partial charge in [0.1, 0.15) is 5.75 Å². The molecule has 0 saturated carbocycles. The number of rotatable bonds is 6. The van der Waals surface area contributed by atoms with E-state index in [1.54, 1.807) is 24.3 Å². The number of halogens is 1. The van der Waals surface area contributed by atoms with E-state index >= 15 is 0 Å². The fourth-order valence-corrected chi connectivity index (χ4v) is 4.48. The van der Waals surface area contributed by atoms with Gasteiger partial charge in [0.05, 0.1) is 11.5 Å². The Bertz CT molecular complexity index is 751. The van der Waals surface area contributed by atoms with E-state index in [2.05, 4.69) is 0 Å². The molecule has 1 fully saturated rings. The molecule has 1 heterocycles. The first kappa shape index (κ1) is 19.5. The van der Waals surface area contributed by atoms with E-state index in [9.17, 15) is 18.0 Å². The van der Waals surface area contributed by atoms with Crippen molar-refractivity contribution in [2.45, 2.75) is 25.5 Å². The first-order valence-corrected chi connectivity index (χ1v) is 9.93. The second kappa shape index (κ2) is 8.05. The Labute approximate surface area is 151 Å². The molecule has 0 aromatic heterocycles. The van der Waals surface area contributed by atoms with E-state index in [0.29, 0.717) is 17.2 Å². The number of hydrogen-bond donors (Lipinski definition) is 0. The third-order valence-corrected chi connectivity index (χ3v) is 5.90. The van der Waals surface area contributed by atoms with Gasteiger partial charge in [-0.1, -0.05) is 17.7 Å². The predicted octanol–water partition coefficient (Wildman–Crippen LogP) is 1.30. The maximum absolute atomic E-state index is 12.3. The lowest BCUT2D eigenvalue weighted by molar-refractivity contribution is -0.160. The van der Waals surface area contributed by atoms with Crippen molar-refractivity contribution in [1.29, 1.82) is 0 Å². The average molecular weight is 390 g/mol. The van der Waals surface area contributed by atoms with Crippen molar-refractivity contribution in [3.8, 4) is 5.75 Å². The molecule has 1 saturated heterocycles. The standard InChI is InChI=1S/C16H20ClNO6S/c1-11(16(20)18(2)13-6-7-25(21,22)10-13)24-15(19)9-23-14-5-3-4-12(17)8-14/h3-5,8,11,13H,6-7,9-10H2,1-2H3/t11-,13+/m1/s1. The van der Waals surface area contributed by atoms with E-state index in [-0.39, 0.29) is 24.2 Å². The SMILES string of the molecule is C[C@@H](OC(=O)COc1cccc(Cl)c1)C(=O)N(C)[C@H]1CCS(=O)(=O)C1. The molecular weight excluding hydrogens is 370 g/mol. The maximum Gasteiger partial charge on any atom is 0.344 e. The summed E-state index contributed by atoms with van der Waals surface area (Å²) in [5, 5.41) is 0.475. The molecule has 0 radical (unpaired) electrons. The van der Waals surface area contributed by atoms with Gasteiger partial charge in [-0.3, -0.25) is 4.79 Å². The summed E-state index contributed by atoms with van der Waals surface area (Å²) in [6.07, 6.45) is -0.632. The third kappa shape index (κ3) is 5.61. The van der Waals surface area contributed by atoms with E-state index < -0.39 is 27.8 Å². The molecule has 1 aliphatic heterocycles. The van der Waals surface area contributed by atoms with Crippen LogP contribution in [-0.4, -0.2) is 62.5 Å². The van der Waals surface area contributed by atoms with Crippen molar-refractivity contribution in [1.82, 2.24) is 4.90 Å². The molecule has 1 aliphatic rings. The van der Waals surface area contributed by atoms with Crippen molar-refractivity contribution < 1.29 is 27.5 Å². The Kier molecular flexibility index (Phi) is 6.29. The minimum absolute atomic E-state index is 0.0617. The average Bonchev–Trinajstić information content (AvgIpc) is 2.91. The van der Waals surface area contributed by atoms with Crippen molar-refractivity contribution in [2.75, 3.05) is 25.2 Å². The zero-order valence-electron chi connectivity index (χ0n) is 14.0. The molecule has 0 N–H and O–H groups in total. The third-order valence-electron chi connectivity index (χ3n) is 3.91. The molecule has 0 bridgehead atoms. The molecule has 1 amide bonds. The van der Waals surface area contributed by atoms with E-state index in [1.807, 2.05) is 0 Å². The normalized spacial score (nSPS) is 19.9. The minimum Gasteiger partial charge on any atom is -0.482 e. The summed E-state index contributed by atoms with van der Waals surface area (Å²) >= 11 is 5.81. The molecule has 138 valence electrons. The first-order valence-electron chi connectivity index (χ1n) is 7.73. The Morgan fingerprint density at radius 3 is 2.72 bits per heavy atom. The summed E-state index contributed by atoms with van der Waals surface area (Å²) in [7, 11) is -1.58. The Morgan fingerprint density at radius 1 is 1.40 bits per heavy atom. The number of nitrogens with zero attached hydrogens (tertiary/aromatic N) is 1. The summed E-state index contributed by atoms with van der Waals surface area (Å²) in [5.74, 6) is -0.728. The van der Waals surface area contributed by atoms with Crippen LogP contribution < -0.4 is 4.74 Å². The van der Waals surface area contributed by atoms with Gasteiger partial charge < -0.3 is 14.4 Å². The number of sulfone groups is 1. The molecule has 2 atom stereocenters. The van der Waals surface area contributed by atoms with Crippen molar-refractivity contribution in [3.63, 3.8) is 0 Å². The molecule has 0 aliphatic carbocycles. The fourth-order valence-electron chi connectivity index (χ4n) is 2.53. The largest absolute Gasteiger partial charge is 0.482 e. The van der Waals surface area contributed by atoms with Gasteiger partial charge in [0, 0.05) is 18.1 Å². The second-order valence-corrected chi connectivity index (χ2v) is 8.55. The molecule has 0 spiro atoms. The number of benzene rings is 1. The molecule has 25 heavy (non-hydrogen) atoms. The fraction of sp³-hybridized carbons (Fsp3) is 0.500. The number of likely N-dealkylation sites (N-methyl/N-ethyl adjacent to an activating group) is 1. The highest BCUT2D eigenvalue weighted by atomic mass is 35.5. The zero-order valence-corrected chi connectivity index (χ0v) is 15.5. The second-order valence-electron chi connectivity index (χ2n) is 5.88. The number of carbonyl (C=O) groups is 2. The van der Waals surface area contributed by atoms with E-state index in [1.165, 1.54) is 18.9 Å². The van der Waals surface area contributed by atoms with Crippen LogP contribution in [0.1, 0.15) is 13.3 Å². The van der Waals surface area contributed by atoms with Crippen LogP contribution in [0.5, 0.6) is 5.75 Å². The smallest absolute Gasteiger partial charge is 0.344 e. The molecule has 7 nitrogen and oxygen atoms in total. The summed E-state index contributed by atoms with van der Waals surface area (Å²) in [6.45, 7) is 1.08. The Balaban J connectivity index is 1.82. The molecule has 0 unspecified atom stereocenters. The number of carbonyl (C=O) groups excluding carboxylic acids is 2. The monoisotopic (exact) mass is 389 g/mol. The van der Waals surface area contributed by atoms with Crippen LogP contribution in [0.15, 0.2) is 24.3 Å². The van der Waals surface area contributed by atoms with Crippen LogP contribution in [0.3, 0.4) is 0 Å². The molecule has 9 heteroatoms. The number of amides is 1. The van der Waals surface area contributed by atoms with Gasteiger partial charge in [0.25, 0.3) is 5.91 Å². The highest BCUT2D eigenvalue weighted by Gasteiger charge is 2.34. The van der Waals surface area contributed by atoms with Gasteiger partial charge in [-0.2, -0.15) is 0 Å². The van der Waals surface area contributed by atoms with Crippen LogP contribution in [0.2, 0.25) is 5.02 Å². The van der Waals surface area contributed by atoms with Crippen molar-refractivity contribution >= 4 is 33.3 Å². The highest BCUT2D eigenvalue weighted by molar-refractivity contribution is 7.91. The van der Waals surface area contributed by atoms with Crippen molar-refractivity contribution in [3.05, 3.63) is 29.3 Å². The maximum atomic E-state index is 12.3. The van der Waals surface area contributed by atoms with E-state index in [0.717, 1.165) is 0 Å². The van der Waals surface area contributed by atoms with Crippen molar-refractivity contribution in [2.24, 2.45) is 0 Å². The van der Waals surface area contributed by atoms with Gasteiger partial charge in [-0.15, -0.1) is 0 Å². The lowest BCUT2D eigenvalue weighted by Gasteiger charge is -2.26. The number of ether oxygens (including phenoxy) is 2. The van der Waals surface area contributed by atoms with Crippen LogP contribution in [0.25, 0.3) is 0 Å². The van der Waals surface area contributed by atoms with Gasteiger partial charge in [-0.05, 0) is 31.5 Å². The lowest BCUT2D eigenvalue weighted by atomic mass is 10.2. The van der Waals surface area contributed by atoms with Crippen LogP contribution >= 0.6 is 11.6 Å². The number of hydrogen-bond acceptors (Lipinski definition) is 6. The predicted molar refractivity (Wildman–Crippen MR) is 92.3 cm³/mol. The highest BCUT2D eigenvalue weighted by Crippen LogP contribution is 2.18. The van der Waals surface area contributed by atoms with Gasteiger partial charge in [-0.25, -0.2) is 13.2 Å². The van der Waals surface area contributed by atoms with Gasteiger partial charge >= 0.3 is 5.97 Å². The van der Waals surface area contributed by atoms with Gasteiger partial charge in [0.2, 0.25) is 0 Å². The molecule has 1 aromatic carbocycles. The first-order chi connectivity index (χ1) is 11.7.